The van der Waals surface area contributed by atoms with Crippen LogP contribution in [0.1, 0.15) is 0 Å². The Balaban J connectivity index is 0.000000360. The third-order valence-corrected chi connectivity index (χ3v) is 0.727. The molecule has 0 atom stereocenters. The number of aromatic nitrogens is 2. The summed E-state index contributed by atoms with van der Waals surface area (Å²) in [5.74, 6) is 0. The van der Waals surface area contributed by atoms with E-state index in [1.165, 1.54) is 0 Å². The Hall–Kier alpha value is 0.443. The molecule has 0 spiro atoms. The topological polar surface area (TPSA) is 17.8 Å². The summed E-state index contributed by atoms with van der Waals surface area (Å²) in [6.07, 6.45) is 5.04. The Bertz CT molecular complexity index is 116. The van der Waals surface area contributed by atoms with Gasteiger partial charge in [0, 0.05) is 12.4 Å². The van der Waals surface area contributed by atoms with Crippen molar-refractivity contribution in [2.75, 3.05) is 0 Å². The van der Waals surface area contributed by atoms with Crippen LogP contribution in [0.3, 0.4) is 0 Å². The summed E-state index contributed by atoms with van der Waals surface area (Å²) in [4.78, 5) is 3.71. The van der Waals surface area contributed by atoms with Crippen LogP contribution in [0, 0.1) is 0 Å². The molecule has 0 saturated heterocycles. The molecule has 2 nitrogen and oxygen atoms in total. The van der Waals surface area contributed by atoms with E-state index in [0.29, 0.717) is 0 Å². The van der Waals surface area contributed by atoms with Gasteiger partial charge in [0.1, 0.15) is 6.33 Å². The first-order valence-corrected chi connectivity index (χ1v) is 1.97. The molecule has 0 amide bonds. The van der Waals surface area contributed by atoms with E-state index in [9.17, 15) is 0 Å². The Labute approximate surface area is 66.6 Å². The van der Waals surface area contributed by atoms with Gasteiger partial charge in [-0.2, -0.15) is 0 Å². The first-order valence-electron chi connectivity index (χ1n) is 1.57. The van der Waals surface area contributed by atoms with Gasteiger partial charge in [-0.1, -0.05) is 12.8 Å². The van der Waals surface area contributed by atoms with Gasteiger partial charge in [-0.15, -0.1) is 0 Å². The van der Waals surface area contributed by atoms with Crippen LogP contribution in [-0.2, 0) is 0 Å². The number of imidazole rings is 1. The fourth-order valence-electron chi connectivity index (χ4n) is 0.252. The van der Waals surface area contributed by atoms with Crippen molar-refractivity contribution in [1.82, 2.24) is 8.96 Å². The molecule has 0 aliphatic carbocycles. The van der Waals surface area contributed by atoms with Gasteiger partial charge < -0.3 is 0 Å². The van der Waals surface area contributed by atoms with Gasteiger partial charge in [-0.25, -0.2) is 4.98 Å². The Morgan fingerprint density at radius 2 is 2.29 bits per heavy atom. The van der Waals surface area contributed by atoms with E-state index in [0.717, 1.165) is 0 Å². The summed E-state index contributed by atoms with van der Waals surface area (Å²) in [5.41, 5.74) is 0. The summed E-state index contributed by atoms with van der Waals surface area (Å²) in [5, 5.41) is 0. The van der Waals surface area contributed by atoms with Crippen molar-refractivity contribution in [2.45, 2.75) is 0 Å². The van der Waals surface area contributed by atoms with Gasteiger partial charge >= 0.3 is 26.2 Å². The standard InChI is InChI=1S/C3H4N2S.Bi.3H/c6-5-2-1-4-3-5;;;;/h1-3,6H;;;;. The Kier molecular flexibility index (Phi) is 3.66. The predicted octanol–water partition coefficient (Wildman–Crippen LogP) is -0.608. The van der Waals surface area contributed by atoms with E-state index in [4.69, 9.17) is 0 Å². The molecular formula is C3H7BiN2S. The van der Waals surface area contributed by atoms with Crippen molar-refractivity contribution in [2.24, 2.45) is 0 Å². The number of nitrogens with zero attached hydrogens (tertiary/aromatic N) is 2. The average molecular weight is 312 g/mol. The fraction of sp³-hybridized carbons (Fsp3) is 0. The van der Waals surface area contributed by atoms with E-state index in [-0.39, 0.29) is 26.2 Å². The minimum absolute atomic E-state index is 0. The summed E-state index contributed by atoms with van der Waals surface area (Å²) in [6.45, 7) is 0. The van der Waals surface area contributed by atoms with E-state index in [2.05, 4.69) is 17.8 Å². The van der Waals surface area contributed by atoms with Crippen molar-refractivity contribution < 1.29 is 0 Å². The molecule has 0 aromatic carbocycles. The second kappa shape index (κ2) is 3.45. The zero-order valence-corrected chi connectivity index (χ0v) is 10.2. The van der Waals surface area contributed by atoms with Gasteiger partial charge in [-0.05, 0) is 0 Å². The van der Waals surface area contributed by atoms with Crippen LogP contribution in [0.2, 0.25) is 0 Å². The summed E-state index contributed by atoms with van der Waals surface area (Å²) < 4.78 is 1.58. The van der Waals surface area contributed by atoms with Crippen molar-refractivity contribution in [1.29, 1.82) is 0 Å². The van der Waals surface area contributed by atoms with Crippen molar-refractivity contribution >= 4 is 39.0 Å². The third kappa shape index (κ3) is 2.30. The summed E-state index contributed by atoms with van der Waals surface area (Å²) in [6, 6.07) is 0. The summed E-state index contributed by atoms with van der Waals surface area (Å²) >= 11 is 3.89. The monoisotopic (exact) mass is 312 g/mol. The molecule has 0 bridgehead atoms. The zero-order valence-electron chi connectivity index (χ0n) is 3.78. The summed E-state index contributed by atoms with van der Waals surface area (Å²) in [7, 11) is 0. The van der Waals surface area contributed by atoms with Crippen LogP contribution in [0.25, 0.3) is 0 Å². The van der Waals surface area contributed by atoms with Crippen LogP contribution in [0.5, 0.6) is 0 Å². The third-order valence-electron chi connectivity index (χ3n) is 0.490. The molecule has 0 N–H and O–H groups in total. The maximum atomic E-state index is 3.89. The maximum absolute atomic E-state index is 3.89. The van der Waals surface area contributed by atoms with Crippen LogP contribution in [0.15, 0.2) is 18.7 Å². The molecule has 1 heterocycles. The number of thiol groups is 1. The molecule has 0 aliphatic heterocycles. The molecular weight excluding hydrogens is 305 g/mol. The van der Waals surface area contributed by atoms with Gasteiger partial charge in [0.15, 0.2) is 0 Å². The van der Waals surface area contributed by atoms with Crippen LogP contribution >= 0.6 is 12.8 Å². The second-order valence-corrected chi connectivity index (χ2v) is 1.40. The molecule has 4 heteroatoms. The zero-order chi connectivity index (χ0) is 4.41. The molecule has 0 radical (unpaired) electrons. The Morgan fingerprint density at radius 3 is 2.43 bits per heavy atom. The second-order valence-electron chi connectivity index (χ2n) is 0.943. The minimum atomic E-state index is 0. The van der Waals surface area contributed by atoms with E-state index in [1.54, 1.807) is 22.7 Å². The fourth-order valence-corrected chi connectivity index (χ4v) is 0.371. The normalized spacial score (nSPS) is 7.57. The van der Waals surface area contributed by atoms with E-state index in [1.807, 2.05) is 0 Å². The molecule has 0 aliphatic rings. The van der Waals surface area contributed by atoms with Gasteiger partial charge in [0.05, 0.1) is 0 Å². The predicted molar refractivity (Wildman–Crippen MR) is 36.6 cm³/mol. The van der Waals surface area contributed by atoms with E-state index < -0.39 is 0 Å². The molecule has 0 saturated carbocycles. The van der Waals surface area contributed by atoms with E-state index >= 15 is 0 Å². The van der Waals surface area contributed by atoms with Crippen molar-refractivity contribution in [3.8, 4) is 0 Å². The van der Waals surface area contributed by atoms with Crippen LogP contribution in [0.4, 0.5) is 0 Å². The SMILES string of the molecule is Sn1ccnc1.[BiH3]. The number of rotatable bonds is 0. The average Bonchev–Trinajstić information content (AvgIpc) is 1.86. The van der Waals surface area contributed by atoms with Crippen LogP contribution < -0.4 is 0 Å². The van der Waals surface area contributed by atoms with Gasteiger partial charge in [0.25, 0.3) is 0 Å². The first kappa shape index (κ1) is 7.44. The molecule has 0 unspecified atom stereocenters. The molecule has 7 heavy (non-hydrogen) atoms. The molecule has 40 valence electrons. The van der Waals surface area contributed by atoms with Crippen LogP contribution in [-0.4, -0.2) is 35.2 Å². The quantitative estimate of drug-likeness (QED) is 0.500. The molecule has 0 fully saturated rings. The molecule has 1 aromatic heterocycles. The van der Waals surface area contributed by atoms with Gasteiger partial charge in [-0.3, -0.25) is 3.97 Å². The molecule has 1 rings (SSSR count). The van der Waals surface area contributed by atoms with Crippen molar-refractivity contribution in [3.05, 3.63) is 18.7 Å². The van der Waals surface area contributed by atoms with Crippen molar-refractivity contribution in [3.63, 3.8) is 0 Å². The molecule has 1 aromatic rings. The first-order chi connectivity index (χ1) is 2.89. The number of hydrogen-bond donors (Lipinski definition) is 1. The Morgan fingerprint density at radius 1 is 1.57 bits per heavy atom. The van der Waals surface area contributed by atoms with Gasteiger partial charge in [0.2, 0.25) is 0 Å². The number of hydrogen-bond acceptors (Lipinski definition) is 2.